The topological polar surface area (TPSA) is 182 Å². The van der Waals surface area contributed by atoms with E-state index in [4.69, 9.17) is 27.0 Å². The zero-order chi connectivity index (χ0) is 14.4. The summed E-state index contributed by atoms with van der Waals surface area (Å²) in [6.45, 7) is -0.455. The molecule has 0 fully saturated rings. The predicted octanol–water partition coefficient (Wildman–Crippen LogP) is -0.934. The molecule has 0 saturated heterocycles. The molecule has 18 heavy (non-hydrogen) atoms. The van der Waals surface area contributed by atoms with Gasteiger partial charge in [0.15, 0.2) is 0 Å². The van der Waals surface area contributed by atoms with Gasteiger partial charge in [-0.25, -0.2) is 0 Å². The lowest BCUT2D eigenvalue weighted by Crippen LogP contribution is -2.61. The molecule has 0 aromatic rings. The number of hydrogen-bond acceptors (Lipinski definition) is 6. The Morgan fingerprint density at radius 3 is 1.89 bits per heavy atom. The molecular formula is C7H21N3O6P2. The molecule has 0 saturated carbocycles. The molecule has 0 heterocycles. The molecule has 0 aliphatic rings. The van der Waals surface area contributed by atoms with Gasteiger partial charge in [0.25, 0.3) is 0 Å². The van der Waals surface area contributed by atoms with E-state index >= 15 is 0 Å². The van der Waals surface area contributed by atoms with Crippen LogP contribution in [0, 0.1) is 0 Å². The fraction of sp³-hybridized carbons (Fsp3) is 1.00. The number of hydrogen-bond donors (Lipinski definition) is 6. The maximum atomic E-state index is 11.4. The van der Waals surface area contributed by atoms with Gasteiger partial charge in [0.1, 0.15) is 12.4 Å². The quantitative estimate of drug-likeness (QED) is 0.178. The molecule has 9 nitrogen and oxygen atoms in total. The maximum Gasteiger partial charge on any atom is 0.328 e. The van der Waals surface area contributed by atoms with Crippen molar-refractivity contribution in [3.8, 4) is 0 Å². The molecule has 9 N–H and O–H groups in total. The second-order valence-corrected chi connectivity index (χ2v) is 7.95. The first kappa shape index (κ1) is 18.2. The molecule has 0 aliphatic heterocycles. The van der Waals surface area contributed by atoms with E-state index in [1.807, 2.05) is 0 Å². The van der Waals surface area contributed by atoms with E-state index in [1.165, 1.54) is 0 Å². The first-order valence-electron chi connectivity index (χ1n) is 5.29. The van der Waals surface area contributed by atoms with Crippen LogP contribution in [0.15, 0.2) is 0 Å². The third-order valence-corrected chi connectivity index (χ3v) is 4.22. The minimum atomic E-state index is -3.99. The van der Waals surface area contributed by atoms with Gasteiger partial charge in [0.05, 0.1) is 0 Å². The van der Waals surface area contributed by atoms with Crippen molar-refractivity contribution in [2.45, 2.75) is 25.0 Å². The molecule has 11 heteroatoms. The Bertz CT molecular complexity index is 339. The fourth-order valence-electron chi connectivity index (χ4n) is 1.08. The van der Waals surface area contributed by atoms with Gasteiger partial charge >= 0.3 is 15.2 Å². The van der Waals surface area contributed by atoms with Crippen molar-refractivity contribution in [2.24, 2.45) is 17.2 Å². The van der Waals surface area contributed by atoms with Crippen LogP contribution in [0.5, 0.6) is 0 Å². The van der Waals surface area contributed by atoms with Gasteiger partial charge in [0, 0.05) is 12.3 Å². The Hall–Kier alpha value is 0.180. The minimum absolute atomic E-state index is 0.135. The van der Waals surface area contributed by atoms with E-state index < -0.39 is 27.6 Å². The van der Waals surface area contributed by atoms with Crippen LogP contribution in [0.25, 0.3) is 0 Å². The molecule has 0 spiro atoms. The summed E-state index contributed by atoms with van der Waals surface area (Å²) in [6.07, 6.45) is 0.628. The lowest BCUT2D eigenvalue weighted by atomic mass is 10.3. The average molecular weight is 305 g/mol. The number of rotatable bonds is 9. The zero-order valence-corrected chi connectivity index (χ0v) is 11.7. The van der Waals surface area contributed by atoms with Crippen molar-refractivity contribution in [3.63, 3.8) is 0 Å². The van der Waals surface area contributed by atoms with Gasteiger partial charge in [0.2, 0.25) is 0 Å². The molecule has 0 amide bonds. The summed E-state index contributed by atoms with van der Waals surface area (Å²) >= 11 is 0. The van der Waals surface area contributed by atoms with Crippen molar-refractivity contribution in [3.05, 3.63) is 0 Å². The molecule has 0 aromatic carbocycles. The highest BCUT2D eigenvalue weighted by Gasteiger charge is 2.23. The van der Waals surface area contributed by atoms with Crippen molar-refractivity contribution in [1.82, 2.24) is 0 Å². The molecule has 0 aliphatic carbocycles. The van der Waals surface area contributed by atoms with E-state index in [-0.39, 0.29) is 18.7 Å². The summed E-state index contributed by atoms with van der Waals surface area (Å²) < 4.78 is 26.6. The first-order valence-corrected chi connectivity index (χ1v) is 8.85. The molecule has 0 radical (unpaired) electrons. The number of unbranched alkanes of at least 4 members (excludes halogenated alkanes) is 2. The van der Waals surface area contributed by atoms with Crippen molar-refractivity contribution < 1.29 is 28.3 Å². The minimum Gasteiger partial charge on any atom is -0.324 e. The lowest BCUT2D eigenvalue weighted by molar-refractivity contribution is 0.197. The van der Waals surface area contributed by atoms with Crippen LogP contribution >= 0.6 is 15.2 Å². The summed E-state index contributed by atoms with van der Waals surface area (Å²) in [5.74, 6) is -1.67. The second kappa shape index (κ2) is 7.09. The molecule has 1 unspecified atom stereocenters. The van der Waals surface area contributed by atoms with E-state index in [1.54, 1.807) is 0 Å². The van der Waals surface area contributed by atoms with Gasteiger partial charge in [-0.3, -0.25) is 26.3 Å². The molecular weight excluding hydrogens is 284 g/mol. The van der Waals surface area contributed by atoms with Crippen molar-refractivity contribution in [1.29, 1.82) is 0 Å². The van der Waals surface area contributed by atoms with Crippen LogP contribution in [0.3, 0.4) is 0 Å². The van der Waals surface area contributed by atoms with Gasteiger partial charge in [-0.1, -0.05) is 6.42 Å². The standard InChI is InChI=1S/C7H21N3O6P2/c8-7(9,10)6-16-18(14,15)5-3-1-2-4-17(11,12)13/h1-6,8-10H2,(H,14,15)(H2,11,12,13). The third kappa shape index (κ3) is 12.6. The van der Waals surface area contributed by atoms with Crippen LogP contribution < -0.4 is 17.2 Å². The Labute approximate surface area is 105 Å². The second-order valence-electron chi connectivity index (χ2n) is 4.20. The smallest absolute Gasteiger partial charge is 0.324 e. The number of nitrogens with two attached hydrogens (primary N) is 3. The van der Waals surface area contributed by atoms with E-state index in [0.717, 1.165) is 0 Å². The summed E-state index contributed by atoms with van der Waals surface area (Å²) in [7, 11) is -7.80. The van der Waals surface area contributed by atoms with Crippen molar-refractivity contribution in [2.75, 3.05) is 18.9 Å². The van der Waals surface area contributed by atoms with Crippen LogP contribution in [0.1, 0.15) is 19.3 Å². The summed E-state index contributed by atoms with van der Waals surface area (Å²) in [5, 5.41) is 0. The third-order valence-electron chi connectivity index (χ3n) is 1.91. The van der Waals surface area contributed by atoms with Crippen LogP contribution in [0.2, 0.25) is 0 Å². The highest BCUT2D eigenvalue weighted by atomic mass is 31.2. The Morgan fingerprint density at radius 2 is 1.44 bits per heavy atom. The molecule has 0 rings (SSSR count). The highest BCUT2D eigenvalue weighted by molar-refractivity contribution is 7.52. The monoisotopic (exact) mass is 305 g/mol. The molecule has 1 atom stereocenters. The van der Waals surface area contributed by atoms with E-state index in [2.05, 4.69) is 4.52 Å². The average Bonchev–Trinajstić information content (AvgIpc) is 2.11. The summed E-state index contributed by atoms with van der Waals surface area (Å²) in [6, 6.07) is 0. The van der Waals surface area contributed by atoms with E-state index in [9.17, 15) is 14.0 Å². The van der Waals surface area contributed by atoms with Crippen LogP contribution in [0.4, 0.5) is 0 Å². The first-order chi connectivity index (χ1) is 7.91. The SMILES string of the molecule is NC(N)(N)COP(=O)(O)CCCCCP(=O)(O)O. The lowest BCUT2D eigenvalue weighted by Gasteiger charge is -2.20. The maximum absolute atomic E-state index is 11.4. The summed E-state index contributed by atoms with van der Waals surface area (Å²) in [4.78, 5) is 26.5. The Balaban J connectivity index is 3.78. The van der Waals surface area contributed by atoms with Crippen molar-refractivity contribution >= 4 is 15.2 Å². The van der Waals surface area contributed by atoms with Gasteiger partial charge in [-0.15, -0.1) is 0 Å². The zero-order valence-electron chi connectivity index (χ0n) is 9.94. The van der Waals surface area contributed by atoms with Gasteiger partial charge in [-0.05, 0) is 12.8 Å². The Morgan fingerprint density at radius 1 is 0.944 bits per heavy atom. The van der Waals surface area contributed by atoms with Crippen LogP contribution in [-0.2, 0) is 13.7 Å². The van der Waals surface area contributed by atoms with Gasteiger partial charge < -0.3 is 19.2 Å². The van der Waals surface area contributed by atoms with Crippen LogP contribution in [-0.4, -0.2) is 39.4 Å². The predicted molar refractivity (Wildman–Crippen MR) is 66.7 cm³/mol. The van der Waals surface area contributed by atoms with Gasteiger partial charge in [-0.2, -0.15) is 0 Å². The van der Waals surface area contributed by atoms with E-state index in [0.29, 0.717) is 12.8 Å². The largest absolute Gasteiger partial charge is 0.328 e. The molecule has 110 valence electrons. The Kier molecular flexibility index (Phi) is 7.16. The fourth-order valence-corrected chi connectivity index (χ4v) is 2.90. The highest BCUT2D eigenvalue weighted by Crippen LogP contribution is 2.43. The molecule has 0 bridgehead atoms. The summed E-state index contributed by atoms with van der Waals surface area (Å²) in [5.41, 5.74) is 15.5. The molecule has 0 aromatic heterocycles. The normalized spacial score (nSPS) is 16.6.